The summed E-state index contributed by atoms with van der Waals surface area (Å²) in [5.41, 5.74) is 1.99. The molecule has 0 unspecified atom stereocenters. The predicted molar refractivity (Wildman–Crippen MR) is 68.5 cm³/mol. The van der Waals surface area contributed by atoms with E-state index in [1.54, 1.807) is 6.20 Å². The third-order valence-electron chi connectivity index (χ3n) is 2.52. The molecule has 0 aliphatic heterocycles. The van der Waals surface area contributed by atoms with Gasteiger partial charge in [0.25, 0.3) is 0 Å². The van der Waals surface area contributed by atoms with Crippen LogP contribution < -0.4 is 0 Å². The average Bonchev–Trinajstić information content (AvgIpc) is 2.73. The van der Waals surface area contributed by atoms with Gasteiger partial charge in [0.2, 0.25) is 0 Å². The number of H-pyrrole nitrogens is 1. The fourth-order valence-electron chi connectivity index (χ4n) is 1.74. The normalized spacial score (nSPS) is 10.4. The van der Waals surface area contributed by atoms with Crippen LogP contribution in [0.4, 0.5) is 5.69 Å². The van der Waals surface area contributed by atoms with Gasteiger partial charge in [0.1, 0.15) is 0 Å². The lowest BCUT2D eigenvalue weighted by atomic mass is 10.1. The molecule has 1 heterocycles. The molecular weight excluding hydrogens is 236 g/mol. The standard InChI is InChI=1S/C12H12N2O2S/c1-17-12-11(14(15)16)10(8-13-12)7-9-5-3-2-4-6-9/h2-6,8,13H,7H2,1H3. The minimum absolute atomic E-state index is 0.196. The first kappa shape index (κ1) is 11.7. The molecule has 0 saturated carbocycles. The number of thioether (sulfide) groups is 1. The van der Waals surface area contributed by atoms with Gasteiger partial charge >= 0.3 is 5.69 Å². The maximum absolute atomic E-state index is 11.0. The van der Waals surface area contributed by atoms with E-state index in [-0.39, 0.29) is 10.6 Å². The Bertz CT molecular complexity index is 523. The van der Waals surface area contributed by atoms with Crippen LogP contribution in [0.1, 0.15) is 11.1 Å². The van der Waals surface area contributed by atoms with E-state index in [0.717, 1.165) is 11.1 Å². The van der Waals surface area contributed by atoms with Crippen molar-refractivity contribution in [1.29, 1.82) is 0 Å². The van der Waals surface area contributed by atoms with Crippen molar-refractivity contribution >= 4 is 17.4 Å². The molecule has 0 aliphatic carbocycles. The molecule has 0 bridgehead atoms. The predicted octanol–water partition coefficient (Wildman–Crippen LogP) is 3.24. The molecule has 0 atom stereocenters. The quantitative estimate of drug-likeness (QED) is 0.513. The number of hydrogen-bond donors (Lipinski definition) is 1. The molecule has 2 aromatic rings. The van der Waals surface area contributed by atoms with E-state index in [1.807, 2.05) is 36.6 Å². The number of aromatic amines is 1. The molecule has 1 aromatic heterocycles. The fourth-order valence-corrected chi connectivity index (χ4v) is 2.32. The van der Waals surface area contributed by atoms with Crippen molar-refractivity contribution in [3.8, 4) is 0 Å². The van der Waals surface area contributed by atoms with E-state index in [1.165, 1.54) is 11.8 Å². The van der Waals surface area contributed by atoms with Gasteiger partial charge in [-0.3, -0.25) is 10.1 Å². The lowest BCUT2D eigenvalue weighted by molar-refractivity contribution is -0.388. The minimum Gasteiger partial charge on any atom is -0.350 e. The third-order valence-corrected chi connectivity index (χ3v) is 3.24. The number of rotatable bonds is 4. The Kier molecular flexibility index (Phi) is 3.49. The fraction of sp³-hybridized carbons (Fsp3) is 0.167. The van der Waals surface area contributed by atoms with Crippen molar-refractivity contribution < 1.29 is 4.92 Å². The summed E-state index contributed by atoms with van der Waals surface area (Å²) in [4.78, 5) is 13.7. The smallest absolute Gasteiger partial charge is 0.304 e. The minimum atomic E-state index is -0.319. The summed E-state index contributed by atoms with van der Waals surface area (Å²) in [6, 6.07) is 9.74. The second-order valence-electron chi connectivity index (χ2n) is 3.62. The van der Waals surface area contributed by atoms with Crippen LogP contribution in [0, 0.1) is 10.1 Å². The zero-order valence-corrected chi connectivity index (χ0v) is 10.2. The summed E-state index contributed by atoms with van der Waals surface area (Å²) >= 11 is 1.36. The molecular formula is C12H12N2O2S. The Balaban J connectivity index is 2.33. The molecule has 5 heteroatoms. The molecule has 1 N–H and O–H groups in total. The molecule has 0 fully saturated rings. The lowest BCUT2D eigenvalue weighted by Gasteiger charge is -1.99. The van der Waals surface area contributed by atoms with E-state index in [0.29, 0.717) is 11.4 Å². The van der Waals surface area contributed by atoms with E-state index >= 15 is 0 Å². The Morgan fingerprint density at radius 2 is 2.06 bits per heavy atom. The van der Waals surface area contributed by atoms with Crippen LogP contribution >= 0.6 is 11.8 Å². The van der Waals surface area contributed by atoms with Crippen molar-refractivity contribution in [1.82, 2.24) is 4.98 Å². The number of nitrogens with zero attached hydrogens (tertiary/aromatic N) is 1. The van der Waals surface area contributed by atoms with Gasteiger partial charge in [-0.1, -0.05) is 30.3 Å². The van der Waals surface area contributed by atoms with Gasteiger partial charge in [-0.15, -0.1) is 11.8 Å². The first-order valence-electron chi connectivity index (χ1n) is 5.15. The number of hydrogen-bond acceptors (Lipinski definition) is 3. The van der Waals surface area contributed by atoms with Crippen molar-refractivity contribution in [2.75, 3.05) is 6.26 Å². The highest BCUT2D eigenvalue weighted by atomic mass is 32.2. The molecule has 0 radical (unpaired) electrons. The largest absolute Gasteiger partial charge is 0.350 e. The van der Waals surface area contributed by atoms with Gasteiger partial charge < -0.3 is 4.98 Å². The summed E-state index contributed by atoms with van der Waals surface area (Å²) in [5, 5.41) is 11.6. The highest BCUT2D eigenvalue weighted by molar-refractivity contribution is 7.98. The Morgan fingerprint density at radius 1 is 1.35 bits per heavy atom. The van der Waals surface area contributed by atoms with Gasteiger partial charge in [0.05, 0.1) is 10.5 Å². The van der Waals surface area contributed by atoms with Crippen molar-refractivity contribution in [2.45, 2.75) is 11.4 Å². The first-order valence-corrected chi connectivity index (χ1v) is 6.37. The van der Waals surface area contributed by atoms with Crippen LogP contribution in [0.2, 0.25) is 0 Å². The Morgan fingerprint density at radius 3 is 2.65 bits per heavy atom. The van der Waals surface area contributed by atoms with Gasteiger partial charge in [0, 0.05) is 12.6 Å². The van der Waals surface area contributed by atoms with Crippen LogP contribution in [-0.4, -0.2) is 16.2 Å². The van der Waals surface area contributed by atoms with Gasteiger partial charge in [-0.25, -0.2) is 0 Å². The lowest BCUT2D eigenvalue weighted by Crippen LogP contribution is -1.94. The molecule has 1 aromatic carbocycles. The van der Waals surface area contributed by atoms with Crippen molar-refractivity contribution in [3.05, 3.63) is 57.8 Å². The summed E-state index contributed by atoms with van der Waals surface area (Å²) in [5.74, 6) is 0. The maximum atomic E-state index is 11.0. The highest BCUT2D eigenvalue weighted by Crippen LogP contribution is 2.31. The van der Waals surface area contributed by atoms with Crippen LogP contribution in [0.25, 0.3) is 0 Å². The molecule has 4 nitrogen and oxygen atoms in total. The summed E-state index contributed by atoms with van der Waals surface area (Å²) in [6.07, 6.45) is 4.12. The number of benzene rings is 1. The van der Waals surface area contributed by atoms with Crippen molar-refractivity contribution in [3.63, 3.8) is 0 Å². The number of aromatic nitrogens is 1. The number of nitro groups is 1. The topological polar surface area (TPSA) is 58.9 Å². The van der Waals surface area contributed by atoms with Gasteiger partial charge in [-0.05, 0) is 11.8 Å². The zero-order chi connectivity index (χ0) is 12.3. The number of nitrogens with one attached hydrogen (secondary N) is 1. The van der Waals surface area contributed by atoms with Gasteiger partial charge in [-0.2, -0.15) is 0 Å². The van der Waals surface area contributed by atoms with Crippen LogP contribution in [0.3, 0.4) is 0 Å². The molecule has 0 saturated heterocycles. The van der Waals surface area contributed by atoms with Crippen LogP contribution in [0.15, 0.2) is 41.6 Å². The van der Waals surface area contributed by atoms with E-state index in [2.05, 4.69) is 4.98 Å². The Labute approximate surface area is 103 Å². The summed E-state index contributed by atoms with van der Waals surface area (Å²) < 4.78 is 0. The molecule has 0 aliphatic rings. The van der Waals surface area contributed by atoms with Crippen LogP contribution in [0.5, 0.6) is 0 Å². The molecule has 0 amide bonds. The second-order valence-corrected chi connectivity index (χ2v) is 4.43. The SMILES string of the molecule is CSc1[nH]cc(Cc2ccccc2)c1[N+](=O)[O-]. The maximum Gasteiger partial charge on any atom is 0.304 e. The molecule has 88 valence electrons. The third kappa shape index (κ3) is 2.50. The summed E-state index contributed by atoms with van der Waals surface area (Å²) in [6.45, 7) is 0. The van der Waals surface area contributed by atoms with E-state index < -0.39 is 0 Å². The first-order chi connectivity index (χ1) is 8.22. The highest BCUT2D eigenvalue weighted by Gasteiger charge is 2.21. The average molecular weight is 248 g/mol. The zero-order valence-electron chi connectivity index (χ0n) is 9.34. The molecule has 0 spiro atoms. The van der Waals surface area contributed by atoms with E-state index in [4.69, 9.17) is 0 Å². The summed E-state index contributed by atoms with van der Waals surface area (Å²) in [7, 11) is 0. The molecule has 2 rings (SSSR count). The van der Waals surface area contributed by atoms with Crippen LogP contribution in [-0.2, 0) is 6.42 Å². The molecule has 17 heavy (non-hydrogen) atoms. The van der Waals surface area contributed by atoms with Gasteiger partial charge in [0.15, 0.2) is 5.03 Å². The second kappa shape index (κ2) is 5.05. The monoisotopic (exact) mass is 248 g/mol. The Hall–Kier alpha value is -1.75. The van der Waals surface area contributed by atoms with Crippen molar-refractivity contribution in [2.24, 2.45) is 0 Å². The van der Waals surface area contributed by atoms with E-state index in [9.17, 15) is 10.1 Å².